The summed E-state index contributed by atoms with van der Waals surface area (Å²) in [6, 6.07) is 8.45. The minimum atomic E-state index is -0.742. The van der Waals surface area contributed by atoms with Gasteiger partial charge in [0.1, 0.15) is 0 Å². The van der Waals surface area contributed by atoms with Crippen molar-refractivity contribution in [1.82, 2.24) is 4.90 Å². The summed E-state index contributed by atoms with van der Waals surface area (Å²) in [7, 11) is 0. The van der Waals surface area contributed by atoms with Gasteiger partial charge >= 0.3 is 5.97 Å². The van der Waals surface area contributed by atoms with Crippen molar-refractivity contribution in [2.45, 2.75) is 38.3 Å². The van der Waals surface area contributed by atoms with Crippen molar-refractivity contribution in [3.63, 3.8) is 0 Å². The molecule has 0 amide bonds. The largest absolute Gasteiger partial charge is 0.480 e. The Morgan fingerprint density at radius 2 is 2.00 bits per heavy atom. The standard InChI is InChI=1S/C14H18BrNO2/c15-13-8-4-1-5-11(13)9-16(10-14(17)18)12-6-2-3-7-12/h1,4-5,8,12H,2-3,6-7,9-10H2,(H,17,18). The molecule has 0 bridgehead atoms. The van der Waals surface area contributed by atoms with Gasteiger partial charge < -0.3 is 5.11 Å². The molecular formula is C14H18BrNO2. The van der Waals surface area contributed by atoms with E-state index < -0.39 is 5.97 Å². The van der Waals surface area contributed by atoms with Gasteiger partial charge in [0.2, 0.25) is 0 Å². The number of hydrogen-bond acceptors (Lipinski definition) is 2. The lowest BCUT2D eigenvalue weighted by atomic mass is 10.1. The maximum Gasteiger partial charge on any atom is 0.317 e. The second kappa shape index (κ2) is 6.34. The van der Waals surface area contributed by atoms with E-state index in [9.17, 15) is 4.79 Å². The van der Waals surface area contributed by atoms with Crippen molar-refractivity contribution >= 4 is 21.9 Å². The van der Waals surface area contributed by atoms with E-state index in [1.807, 2.05) is 24.3 Å². The Morgan fingerprint density at radius 3 is 2.61 bits per heavy atom. The highest BCUT2D eigenvalue weighted by molar-refractivity contribution is 9.10. The van der Waals surface area contributed by atoms with Gasteiger partial charge in [0.05, 0.1) is 6.54 Å². The zero-order chi connectivity index (χ0) is 13.0. The lowest BCUT2D eigenvalue weighted by molar-refractivity contribution is -0.139. The molecule has 0 heterocycles. The van der Waals surface area contributed by atoms with Crippen molar-refractivity contribution in [2.24, 2.45) is 0 Å². The van der Waals surface area contributed by atoms with Crippen LogP contribution in [-0.4, -0.2) is 28.6 Å². The van der Waals surface area contributed by atoms with Gasteiger partial charge in [-0.2, -0.15) is 0 Å². The number of carbonyl (C=O) groups is 1. The molecular weight excluding hydrogens is 294 g/mol. The van der Waals surface area contributed by atoms with Crippen LogP contribution in [0.2, 0.25) is 0 Å². The summed E-state index contributed by atoms with van der Waals surface area (Å²) < 4.78 is 1.05. The fourth-order valence-electron chi connectivity index (χ4n) is 2.60. The monoisotopic (exact) mass is 311 g/mol. The zero-order valence-corrected chi connectivity index (χ0v) is 11.9. The number of halogens is 1. The first kappa shape index (κ1) is 13.6. The van der Waals surface area contributed by atoms with Crippen molar-refractivity contribution in [2.75, 3.05) is 6.54 Å². The van der Waals surface area contributed by atoms with E-state index >= 15 is 0 Å². The van der Waals surface area contributed by atoms with Gasteiger partial charge in [0, 0.05) is 17.1 Å². The molecule has 2 rings (SSSR count). The number of carboxylic acids is 1. The van der Waals surface area contributed by atoms with Crippen LogP contribution in [0.4, 0.5) is 0 Å². The van der Waals surface area contributed by atoms with Crippen molar-refractivity contribution in [1.29, 1.82) is 0 Å². The molecule has 0 aliphatic heterocycles. The summed E-state index contributed by atoms with van der Waals surface area (Å²) in [6.45, 7) is 0.838. The third-order valence-corrected chi connectivity index (χ3v) is 4.28. The number of benzene rings is 1. The SMILES string of the molecule is O=C(O)CN(Cc1ccccc1Br)C1CCCC1. The Hall–Kier alpha value is -0.870. The van der Waals surface area contributed by atoms with Crippen molar-refractivity contribution < 1.29 is 9.90 Å². The second-order valence-corrected chi connectivity index (χ2v) is 5.68. The third-order valence-electron chi connectivity index (χ3n) is 3.51. The Labute approximate surface area is 116 Å². The normalized spacial score (nSPS) is 16.3. The molecule has 0 aromatic heterocycles. The van der Waals surface area contributed by atoms with Gasteiger partial charge in [-0.25, -0.2) is 0 Å². The molecule has 0 unspecified atom stereocenters. The molecule has 18 heavy (non-hydrogen) atoms. The summed E-state index contributed by atoms with van der Waals surface area (Å²) >= 11 is 3.53. The summed E-state index contributed by atoms with van der Waals surface area (Å²) in [5.74, 6) is -0.742. The van der Waals surface area contributed by atoms with Gasteiger partial charge in [-0.05, 0) is 24.5 Å². The Kier molecular flexibility index (Phi) is 4.78. The fraction of sp³-hybridized carbons (Fsp3) is 0.500. The van der Waals surface area contributed by atoms with Gasteiger partial charge in [-0.3, -0.25) is 9.69 Å². The molecule has 0 radical (unpaired) electrons. The van der Waals surface area contributed by atoms with Crippen LogP contribution in [0.15, 0.2) is 28.7 Å². The highest BCUT2D eigenvalue weighted by Gasteiger charge is 2.24. The zero-order valence-electron chi connectivity index (χ0n) is 10.3. The first-order chi connectivity index (χ1) is 8.66. The predicted molar refractivity (Wildman–Crippen MR) is 74.4 cm³/mol. The van der Waals surface area contributed by atoms with Crippen LogP contribution >= 0.6 is 15.9 Å². The molecule has 98 valence electrons. The Balaban J connectivity index is 2.09. The minimum absolute atomic E-state index is 0.131. The Bertz CT molecular complexity index is 416. The van der Waals surface area contributed by atoms with E-state index in [4.69, 9.17) is 5.11 Å². The molecule has 0 saturated heterocycles. The lowest BCUT2D eigenvalue weighted by Crippen LogP contribution is -2.37. The van der Waals surface area contributed by atoms with Gasteiger partial charge in [-0.1, -0.05) is 47.0 Å². The van der Waals surface area contributed by atoms with Crippen molar-refractivity contribution in [3.8, 4) is 0 Å². The van der Waals surface area contributed by atoms with E-state index in [1.165, 1.54) is 12.8 Å². The lowest BCUT2D eigenvalue weighted by Gasteiger charge is -2.27. The minimum Gasteiger partial charge on any atom is -0.480 e. The predicted octanol–water partition coefficient (Wildman–Crippen LogP) is 3.28. The summed E-state index contributed by atoms with van der Waals surface area (Å²) in [5.41, 5.74) is 1.16. The summed E-state index contributed by atoms with van der Waals surface area (Å²) in [4.78, 5) is 13.1. The first-order valence-electron chi connectivity index (χ1n) is 6.36. The van der Waals surface area contributed by atoms with Gasteiger partial charge in [0.25, 0.3) is 0 Å². The molecule has 0 spiro atoms. The number of carboxylic acid groups (broad SMARTS) is 1. The molecule has 0 atom stereocenters. The second-order valence-electron chi connectivity index (χ2n) is 4.83. The summed E-state index contributed by atoms with van der Waals surface area (Å²) in [5, 5.41) is 9.04. The van der Waals surface area contributed by atoms with Gasteiger partial charge in [0.15, 0.2) is 0 Å². The molecule has 1 N–H and O–H groups in total. The van der Waals surface area contributed by atoms with Crippen LogP contribution in [0.5, 0.6) is 0 Å². The summed E-state index contributed by atoms with van der Waals surface area (Å²) in [6.07, 6.45) is 4.68. The molecule has 1 saturated carbocycles. The van der Waals surface area contributed by atoms with E-state index in [0.717, 1.165) is 22.9 Å². The van der Waals surface area contributed by atoms with Crippen LogP contribution < -0.4 is 0 Å². The maximum atomic E-state index is 11.0. The quantitative estimate of drug-likeness (QED) is 0.907. The molecule has 1 aliphatic carbocycles. The molecule has 4 heteroatoms. The van der Waals surface area contributed by atoms with Gasteiger partial charge in [-0.15, -0.1) is 0 Å². The smallest absolute Gasteiger partial charge is 0.317 e. The van der Waals surface area contributed by atoms with Crippen molar-refractivity contribution in [3.05, 3.63) is 34.3 Å². The van der Waals surface area contributed by atoms with Crippen LogP contribution in [0, 0.1) is 0 Å². The maximum absolute atomic E-state index is 11.0. The van der Waals surface area contributed by atoms with E-state index in [2.05, 4.69) is 20.8 Å². The first-order valence-corrected chi connectivity index (χ1v) is 7.15. The van der Waals surface area contributed by atoms with Crippen LogP contribution in [0.3, 0.4) is 0 Å². The number of hydrogen-bond donors (Lipinski definition) is 1. The Morgan fingerprint density at radius 1 is 1.33 bits per heavy atom. The van der Waals surface area contributed by atoms with Crippen LogP contribution in [0.1, 0.15) is 31.2 Å². The highest BCUT2D eigenvalue weighted by atomic mass is 79.9. The molecule has 3 nitrogen and oxygen atoms in total. The molecule has 1 aromatic carbocycles. The van der Waals surface area contributed by atoms with E-state index in [1.54, 1.807) is 0 Å². The van der Waals surface area contributed by atoms with E-state index in [0.29, 0.717) is 12.6 Å². The fourth-order valence-corrected chi connectivity index (χ4v) is 3.01. The third kappa shape index (κ3) is 3.56. The highest BCUT2D eigenvalue weighted by Crippen LogP contribution is 2.26. The topological polar surface area (TPSA) is 40.5 Å². The van der Waals surface area contributed by atoms with E-state index in [-0.39, 0.29) is 6.54 Å². The molecule has 1 aromatic rings. The number of aliphatic carboxylic acids is 1. The molecule has 1 fully saturated rings. The van der Waals surface area contributed by atoms with Crippen LogP contribution in [-0.2, 0) is 11.3 Å². The number of nitrogens with zero attached hydrogens (tertiary/aromatic N) is 1. The number of rotatable bonds is 5. The average Bonchev–Trinajstić information content (AvgIpc) is 2.84. The average molecular weight is 312 g/mol. The molecule has 1 aliphatic rings. The van der Waals surface area contributed by atoms with Crippen LogP contribution in [0.25, 0.3) is 0 Å².